The molecular formula is C29H34ClN3O4S. The van der Waals surface area contributed by atoms with Crippen LogP contribution >= 0.6 is 11.6 Å². The van der Waals surface area contributed by atoms with Gasteiger partial charge in [0.25, 0.3) is 10.0 Å². The molecule has 3 aromatic rings. The third-order valence-corrected chi connectivity index (χ3v) is 8.13. The van der Waals surface area contributed by atoms with Crippen LogP contribution in [0.3, 0.4) is 0 Å². The van der Waals surface area contributed by atoms with Gasteiger partial charge in [-0.05, 0) is 81.6 Å². The SMILES string of the molecule is Cc1ccc(C)c(N(CC(=O)N(Cc2ccc(Cl)cc2)[C@H](C)C(=O)NC(C)C)S(=O)(=O)c2ccccc2)c1. The van der Waals surface area contributed by atoms with Crippen LogP contribution in [0, 0.1) is 13.8 Å². The molecule has 0 bridgehead atoms. The average molecular weight is 556 g/mol. The molecule has 0 unspecified atom stereocenters. The Morgan fingerprint density at radius 3 is 2.16 bits per heavy atom. The predicted molar refractivity (Wildman–Crippen MR) is 152 cm³/mol. The first kappa shape index (κ1) is 29.2. The Morgan fingerprint density at radius 1 is 0.921 bits per heavy atom. The Hall–Kier alpha value is -3.36. The van der Waals surface area contributed by atoms with E-state index < -0.39 is 28.5 Å². The van der Waals surface area contributed by atoms with Crippen LogP contribution in [0.15, 0.2) is 77.7 Å². The molecule has 0 radical (unpaired) electrons. The maximum atomic E-state index is 13.9. The minimum atomic E-state index is -4.10. The van der Waals surface area contributed by atoms with Gasteiger partial charge in [0.1, 0.15) is 12.6 Å². The Bertz CT molecular complexity index is 1380. The van der Waals surface area contributed by atoms with Crippen LogP contribution in [0.4, 0.5) is 5.69 Å². The zero-order valence-electron chi connectivity index (χ0n) is 22.3. The first-order valence-electron chi connectivity index (χ1n) is 12.4. The second kappa shape index (κ2) is 12.5. The van der Waals surface area contributed by atoms with E-state index in [1.54, 1.807) is 62.4 Å². The third kappa shape index (κ3) is 7.14. The van der Waals surface area contributed by atoms with Crippen molar-refractivity contribution in [2.45, 2.75) is 58.1 Å². The number of benzene rings is 3. The molecule has 1 atom stereocenters. The number of rotatable bonds is 10. The van der Waals surface area contributed by atoms with Gasteiger partial charge in [0.05, 0.1) is 10.6 Å². The lowest BCUT2D eigenvalue weighted by molar-refractivity contribution is -0.139. The molecule has 0 saturated carbocycles. The normalized spacial score (nSPS) is 12.2. The van der Waals surface area contributed by atoms with Crippen molar-refractivity contribution in [2.75, 3.05) is 10.8 Å². The largest absolute Gasteiger partial charge is 0.352 e. The number of halogens is 1. The van der Waals surface area contributed by atoms with E-state index >= 15 is 0 Å². The van der Waals surface area contributed by atoms with E-state index in [0.29, 0.717) is 16.3 Å². The number of nitrogens with one attached hydrogen (secondary N) is 1. The topological polar surface area (TPSA) is 86.8 Å². The zero-order chi connectivity index (χ0) is 28.0. The van der Waals surface area contributed by atoms with E-state index in [0.717, 1.165) is 15.4 Å². The van der Waals surface area contributed by atoms with Crippen LogP contribution in [0.5, 0.6) is 0 Å². The molecule has 2 amide bonds. The molecule has 0 aliphatic heterocycles. The van der Waals surface area contributed by atoms with Gasteiger partial charge >= 0.3 is 0 Å². The quantitative estimate of drug-likeness (QED) is 0.377. The van der Waals surface area contributed by atoms with Crippen molar-refractivity contribution in [3.63, 3.8) is 0 Å². The van der Waals surface area contributed by atoms with Gasteiger partial charge in [-0.1, -0.05) is 54.1 Å². The van der Waals surface area contributed by atoms with Crippen LogP contribution in [-0.2, 0) is 26.2 Å². The van der Waals surface area contributed by atoms with Gasteiger partial charge in [0, 0.05) is 17.6 Å². The first-order valence-corrected chi connectivity index (χ1v) is 14.2. The molecule has 0 saturated heterocycles. The highest BCUT2D eigenvalue weighted by atomic mass is 35.5. The fourth-order valence-corrected chi connectivity index (χ4v) is 5.61. The number of aryl methyl sites for hydroxylation is 2. The van der Waals surface area contributed by atoms with Gasteiger partial charge in [-0.15, -0.1) is 0 Å². The van der Waals surface area contributed by atoms with E-state index in [2.05, 4.69) is 5.32 Å². The van der Waals surface area contributed by atoms with E-state index in [1.807, 2.05) is 32.9 Å². The lowest BCUT2D eigenvalue weighted by atomic mass is 10.1. The number of sulfonamides is 1. The fourth-order valence-electron chi connectivity index (χ4n) is 4.00. The van der Waals surface area contributed by atoms with Gasteiger partial charge < -0.3 is 10.2 Å². The van der Waals surface area contributed by atoms with Crippen LogP contribution < -0.4 is 9.62 Å². The Kier molecular flexibility index (Phi) is 9.57. The van der Waals surface area contributed by atoms with Gasteiger partial charge in [-0.3, -0.25) is 13.9 Å². The highest BCUT2D eigenvalue weighted by molar-refractivity contribution is 7.92. The Labute approximate surface area is 230 Å². The molecule has 0 heterocycles. The summed E-state index contributed by atoms with van der Waals surface area (Å²) in [6.45, 7) is 8.61. The maximum absolute atomic E-state index is 13.9. The highest BCUT2D eigenvalue weighted by Crippen LogP contribution is 2.28. The molecule has 0 aliphatic rings. The number of hydrogen-bond acceptors (Lipinski definition) is 4. The van der Waals surface area contributed by atoms with Crippen molar-refractivity contribution in [3.8, 4) is 0 Å². The van der Waals surface area contributed by atoms with Crippen molar-refractivity contribution in [1.29, 1.82) is 0 Å². The van der Waals surface area contributed by atoms with Crippen LogP contribution in [0.2, 0.25) is 5.02 Å². The average Bonchev–Trinajstić information content (AvgIpc) is 2.88. The van der Waals surface area contributed by atoms with Crippen LogP contribution in [0.25, 0.3) is 0 Å². The summed E-state index contributed by atoms with van der Waals surface area (Å²) >= 11 is 6.04. The number of hydrogen-bond donors (Lipinski definition) is 1. The molecule has 0 aromatic heterocycles. The fraction of sp³-hybridized carbons (Fsp3) is 0.310. The molecule has 9 heteroatoms. The molecule has 0 spiro atoms. The van der Waals surface area contributed by atoms with Gasteiger partial charge in [-0.25, -0.2) is 8.42 Å². The van der Waals surface area contributed by atoms with E-state index in [-0.39, 0.29) is 23.4 Å². The lowest BCUT2D eigenvalue weighted by Crippen LogP contribution is -2.52. The maximum Gasteiger partial charge on any atom is 0.264 e. The molecule has 0 fully saturated rings. The monoisotopic (exact) mass is 555 g/mol. The zero-order valence-corrected chi connectivity index (χ0v) is 23.9. The Balaban J connectivity index is 2.06. The second-order valence-corrected chi connectivity index (χ2v) is 11.9. The summed E-state index contributed by atoms with van der Waals surface area (Å²) in [5, 5.41) is 3.39. The molecular weight excluding hydrogens is 522 g/mol. The number of carbonyl (C=O) groups is 2. The molecule has 202 valence electrons. The van der Waals surface area contributed by atoms with Crippen molar-refractivity contribution in [2.24, 2.45) is 0 Å². The summed E-state index contributed by atoms with van der Waals surface area (Å²) in [7, 11) is -4.10. The summed E-state index contributed by atoms with van der Waals surface area (Å²) in [6.07, 6.45) is 0. The molecule has 3 rings (SSSR count). The minimum Gasteiger partial charge on any atom is -0.352 e. The Morgan fingerprint density at radius 2 is 1.55 bits per heavy atom. The number of anilines is 1. The van der Waals surface area contributed by atoms with E-state index in [4.69, 9.17) is 11.6 Å². The first-order chi connectivity index (χ1) is 17.9. The summed E-state index contributed by atoms with van der Waals surface area (Å²) in [5.74, 6) is -0.835. The molecule has 0 aliphatic carbocycles. The molecule has 7 nitrogen and oxygen atoms in total. The van der Waals surface area contributed by atoms with Crippen LogP contribution in [0.1, 0.15) is 37.5 Å². The molecule has 3 aromatic carbocycles. The predicted octanol–water partition coefficient (Wildman–Crippen LogP) is 5.09. The standard InChI is InChI=1S/C29H34ClN3O4S/c1-20(2)31-29(35)23(5)32(18-24-13-15-25(30)16-14-24)28(34)19-33(27-17-21(3)11-12-22(27)4)38(36,37)26-9-7-6-8-10-26/h6-17,20,23H,18-19H2,1-5H3,(H,31,35)/t23-/m1/s1. The number of nitrogens with zero attached hydrogens (tertiary/aromatic N) is 2. The second-order valence-electron chi connectivity index (χ2n) is 9.60. The molecule has 1 N–H and O–H groups in total. The van der Waals surface area contributed by atoms with Crippen molar-refractivity contribution >= 4 is 39.1 Å². The van der Waals surface area contributed by atoms with Crippen molar-refractivity contribution in [1.82, 2.24) is 10.2 Å². The van der Waals surface area contributed by atoms with Gasteiger partial charge in [0.15, 0.2) is 0 Å². The van der Waals surface area contributed by atoms with Gasteiger partial charge in [0.2, 0.25) is 11.8 Å². The number of carbonyl (C=O) groups excluding carboxylic acids is 2. The summed E-state index contributed by atoms with van der Waals surface area (Å²) < 4.78 is 28.9. The third-order valence-electron chi connectivity index (χ3n) is 6.11. The number of amides is 2. The van der Waals surface area contributed by atoms with Crippen molar-refractivity contribution < 1.29 is 18.0 Å². The van der Waals surface area contributed by atoms with E-state index in [1.165, 1.54) is 17.0 Å². The minimum absolute atomic E-state index is 0.0727. The summed E-state index contributed by atoms with van der Waals surface area (Å²) in [4.78, 5) is 28.4. The lowest BCUT2D eigenvalue weighted by Gasteiger charge is -2.33. The van der Waals surface area contributed by atoms with Crippen LogP contribution in [-0.4, -0.2) is 43.8 Å². The smallest absolute Gasteiger partial charge is 0.264 e. The van der Waals surface area contributed by atoms with E-state index in [9.17, 15) is 18.0 Å². The summed E-state index contributed by atoms with van der Waals surface area (Å²) in [6, 6.07) is 19.5. The van der Waals surface area contributed by atoms with Crippen molar-refractivity contribution in [3.05, 3.63) is 94.5 Å². The summed E-state index contributed by atoms with van der Waals surface area (Å²) in [5.41, 5.74) is 2.73. The van der Waals surface area contributed by atoms with Gasteiger partial charge in [-0.2, -0.15) is 0 Å². The highest BCUT2D eigenvalue weighted by Gasteiger charge is 2.33. The molecule has 38 heavy (non-hydrogen) atoms.